The highest BCUT2D eigenvalue weighted by Crippen LogP contribution is 2.28. The highest BCUT2D eigenvalue weighted by atomic mass is 35.5. The summed E-state index contributed by atoms with van der Waals surface area (Å²) in [5, 5.41) is 10.3. The number of carbonyl (C=O) groups excluding carboxylic acids is 3. The smallest absolute Gasteiger partial charge is 0.272 e. The van der Waals surface area contributed by atoms with E-state index >= 15 is 0 Å². The van der Waals surface area contributed by atoms with Crippen LogP contribution >= 0.6 is 11.6 Å². The molecule has 1 unspecified atom stereocenters. The number of rotatable bonds is 8. The van der Waals surface area contributed by atoms with Crippen LogP contribution in [0.4, 0.5) is 11.4 Å². The number of halogens is 1. The molecule has 0 spiro atoms. The molecular formula is C25H30ClN5O3. The number of H-pyrrole nitrogens is 1. The number of nitrogens with zero attached hydrogens (tertiary/aromatic N) is 2. The van der Waals surface area contributed by atoms with E-state index in [4.69, 9.17) is 11.6 Å². The zero-order chi connectivity index (χ0) is 25.2. The first-order chi connectivity index (χ1) is 16.0. The van der Waals surface area contributed by atoms with Crippen LogP contribution in [-0.4, -0.2) is 32.4 Å². The van der Waals surface area contributed by atoms with Crippen molar-refractivity contribution < 1.29 is 14.4 Å². The third-order valence-electron chi connectivity index (χ3n) is 5.65. The largest absolute Gasteiger partial charge is 0.354 e. The molecule has 0 bridgehead atoms. The van der Waals surface area contributed by atoms with Gasteiger partial charge in [0.05, 0.1) is 16.4 Å². The van der Waals surface area contributed by atoms with Crippen LogP contribution in [0.5, 0.6) is 0 Å². The topological polar surface area (TPSA) is 109 Å². The second-order valence-corrected chi connectivity index (χ2v) is 8.88. The molecule has 0 saturated heterocycles. The molecule has 1 atom stereocenters. The third-order valence-corrected chi connectivity index (χ3v) is 5.96. The lowest BCUT2D eigenvalue weighted by atomic mass is 10.0. The van der Waals surface area contributed by atoms with Gasteiger partial charge in [0, 0.05) is 22.6 Å². The maximum absolute atomic E-state index is 13.0. The Morgan fingerprint density at radius 2 is 1.85 bits per heavy atom. The molecule has 0 aliphatic rings. The number of hydrogen-bond acceptors (Lipinski definition) is 4. The Morgan fingerprint density at radius 1 is 1.15 bits per heavy atom. The normalized spacial score (nSPS) is 11.9. The Labute approximate surface area is 204 Å². The number of Topliss-reactive ketones (excluding diaryl/α,β-unsaturated/α-hetero) is 1. The van der Waals surface area contributed by atoms with E-state index in [0.29, 0.717) is 34.7 Å². The minimum atomic E-state index is -0.521. The molecule has 0 aliphatic heterocycles. The Morgan fingerprint density at radius 3 is 2.41 bits per heavy atom. The van der Waals surface area contributed by atoms with Gasteiger partial charge in [-0.2, -0.15) is 5.10 Å². The average molecular weight is 484 g/mol. The molecule has 0 aliphatic carbocycles. The first kappa shape index (κ1) is 25.2. The molecule has 3 rings (SSSR count). The van der Waals surface area contributed by atoms with Gasteiger partial charge in [-0.1, -0.05) is 24.9 Å². The van der Waals surface area contributed by atoms with Crippen molar-refractivity contribution in [3.05, 3.63) is 63.2 Å². The number of benzene rings is 1. The number of carbonyl (C=O) groups is 3. The van der Waals surface area contributed by atoms with Crippen molar-refractivity contribution in [2.45, 2.75) is 60.4 Å². The van der Waals surface area contributed by atoms with Crippen LogP contribution in [0.25, 0.3) is 0 Å². The maximum atomic E-state index is 13.0. The molecule has 8 nitrogen and oxygen atoms in total. The predicted octanol–water partition coefficient (Wildman–Crippen LogP) is 5.40. The maximum Gasteiger partial charge on any atom is 0.272 e. The van der Waals surface area contributed by atoms with E-state index in [-0.39, 0.29) is 22.6 Å². The van der Waals surface area contributed by atoms with E-state index in [1.54, 1.807) is 36.7 Å². The van der Waals surface area contributed by atoms with Gasteiger partial charge in [-0.25, -0.2) is 0 Å². The summed E-state index contributed by atoms with van der Waals surface area (Å²) in [6, 6.07) is 6.26. The second-order valence-electron chi connectivity index (χ2n) is 8.47. The summed E-state index contributed by atoms with van der Waals surface area (Å²) < 4.78 is 1.66. The van der Waals surface area contributed by atoms with Crippen LogP contribution in [0.3, 0.4) is 0 Å². The van der Waals surface area contributed by atoms with Gasteiger partial charge >= 0.3 is 0 Å². The highest BCUT2D eigenvalue weighted by Gasteiger charge is 2.23. The fourth-order valence-electron chi connectivity index (χ4n) is 4.12. The fraction of sp³-hybridized carbons (Fsp3) is 0.360. The molecule has 1 aromatic carbocycles. The van der Waals surface area contributed by atoms with Gasteiger partial charge < -0.3 is 15.6 Å². The number of hydrogen-bond donors (Lipinski definition) is 3. The van der Waals surface area contributed by atoms with Gasteiger partial charge in [0.1, 0.15) is 11.7 Å². The van der Waals surface area contributed by atoms with Crippen LogP contribution in [-0.2, 0) is 11.2 Å². The van der Waals surface area contributed by atoms with E-state index in [9.17, 15) is 14.4 Å². The minimum absolute atomic E-state index is 0.0749. The van der Waals surface area contributed by atoms with Gasteiger partial charge in [0.15, 0.2) is 5.78 Å². The molecule has 180 valence electrons. The fourth-order valence-corrected chi connectivity index (χ4v) is 4.35. The standard InChI is InChI=1S/C25H30ClN5O3/c1-7-8-19-22(17(6)32)15(4)27-23(19)25(34)28-18-9-10-21(20(26)12-18)29-24(33)16(5)31-14(3)11-13(2)30-31/h9-12,16,27H,7-8H2,1-6H3,(H,28,34)(H,29,33). The van der Waals surface area contributed by atoms with E-state index < -0.39 is 6.04 Å². The van der Waals surface area contributed by atoms with Gasteiger partial charge in [-0.15, -0.1) is 0 Å². The molecule has 9 heteroatoms. The number of aromatic nitrogens is 3. The predicted molar refractivity (Wildman–Crippen MR) is 134 cm³/mol. The number of aryl methyl sites for hydroxylation is 3. The lowest BCUT2D eigenvalue weighted by Crippen LogP contribution is -2.25. The molecule has 2 aromatic heterocycles. The first-order valence-electron chi connectivity index (χ1n) is 11.2. The number of ketones is 1. The SMILES string of the molecule is CCCc1c(C(=O)Nc2ccc(NC(=O)C(C)n3nc(C)cc3C)c(Cl)c2)[nH]c(C)c1C(C)=O. The zero-order valence-corrected chi connectivity index (χ0v) is 21.1. The van der Waals surface area contributed by atoms with Crippen LogP contribution in [0.15, 0.2) is 24.3 Å². The first-order valence-corrected chi connectivity index (χ1v) is 11.6. The molecule has 3 N–H and O–H groups in total. The second kappa shape index (κ2) is 10.3. The van der Waals surface area contributed by atoms with Crippen molar-refractivity contribution in [3.63, 3.8) is 0 Å². The number of amides is 2. The van der Waals surface area contributed by atoms with Crippen molar-refractivity contribution in [2.75, 3.05) is 10.6 Å². The van der Waals surface area contributed by atoms with Crippen LogP contribution in [0.2, 0.25) is 5.02 Å². The average Bonchev–Trinajstić information content (AvgIpc) is 3.27. The zero-order valence-electron chi connectivity index (χ0n) is 20.3. The Bertz CT molecular complexity index is 1260. The lowest BCUT2D eigenvalue weighted by molar-refractivity contribution is -0.119. The summed E-state index contributed by atoms with van der Waals surface area (Å²) in [7, 11) is 0. The van der Waals surface area contributed by atoms with E-state index in [0.717, 1.165) is 23.4 Å². The summed E-state index contributed by atoms with van der Waals surface area (Å²) in [4.78, 5) is 40.8. The summed E-state index contributed by atoms with van der Waals surface area (Å²) >= 11 is 6.40. The third kappa shape index (κ3) is 5.22. The van der Waals surface area contributed by atoms with Crippen molar-refractivity contribution in [3.8, 4) is 0 Å². The van der Waals surface area contributed by atoms with Gasteiger partial charge in [0.25, 0.3) is 5.91 Å². The van der Waals surface area contributed by atoms with E-state index in [1.165, 1.54) is 6.92 Å². The summed E-state index contributed by atoms with van der Waals surface area (Å²) in [5.41, 5.74) is 4.96. The van der Waals surface area contributed by atoms with Crippen molar-refractivity contribution >= 4 is 40.6 Å². The van der Waals surface area contributed by atoms with Crippen molar-refractivity contribution in [1.82, 2.24) is 14.8 Å². The molecule has 0 fully saturated rings. The van der Waals surface area contributed by atoms with Crippen LogP contribution < -0.4 is 10.6 Å². The Hall–Kier alpha value is -3.39. The summed E-state index contributed by atoms with van der Waals surface area (Å²) in [6.07, 6.45) is 1.41. The van der Waals surface area contributed by atoms with Gasteiger partial charge in [-0.05, 0) is 70.9 Å². The molecule has 2 amide bonds. The quantitative estimate of drug-likeness (QED) is 0.373. The van der Waals surface area contributed by atoms with Gasteiger partial charge in [-0.3, -0.25) is 19.1 Å². The molecule has 0 saturated carbocycles. The molecule has 3 aromatic rings. The molecule has 34 heavy (non-hydrogen) atoms. The van der Waals surface area contributed by atoms with Crippen molar-refractivity contribution in [2.24, 2.45) is 0 Å². The Kier molecular flexibility index (Phi) is 7.61. The molecular weight excluding hydrogens is 454 g/mol. The highest BCUT2D eigenvalue weighted by molar-refractivity contribution is 6.34. The van der Waals surface area contributed by atoms with Crippen LogP contribution in [0, 0.1) is 20.8 Å². The van der Waals surface area contributed by atoms with E-state index in [2.05, 4.69) is 20.7 Å². The number of anilines is 2. The monoisotopic (exact) mass is 483 g/mol. The lowest BCUT2D eigenvalue weighted by Gasteiger charge is -2.16. The van der Waals surface area contributed by atoms with E-state index in [1.807, 2.05) is 26.8 Å². The summed E-state index contributed by atoms with van der Waals surface area (Å²) in [6.45, 7) is 10.8. The summed E-state index contributed by atoms with van der Waals surface area (Å²) in [5.74, 6) is -0.688. The van der Waals surface area contributed by atoms with Crippen molar-refractivity contribution in [1.29, 1.82) is 0 Å². The molecule has 2 heterocycles. The molecule has 0 radical (unpaired) electrons. The van der Waals surface area contributed by atoms with Crippen LogP contribution in [0.1, 0.15) is 76.7 Å². The number of aromatic amines is 1. The van der Waals surface area contributed by atoms with Gasteiger partial charge in [0.2, 0.25) is 5.91 Å². The minimum Gasteiger partial charge on any atom is -0.354 e. The Balaban J connectivity index is 1.76. The number of nitrogens with one attached hydrogen (secondary N) is 3.